The first kappa shape index (κ1) is 10.7. The Balaban J connectivity index is 1.86. The summed E-state index contributed by atoms with van der Waals surface area (Å²) in [5.41, 5.74) is 1.35. The summed E-state index contributed by atoms with van der Waals surface area (Å²) in [7, 11) is 0. The van der Waals surface area contributed by atoms with E-state index in [0.717, 1.165) is 12.2 Å². The highest BCUT2D eigenvalue weighted by Crippen LogP contribution is 2.28. The maximum atomic E-state index is 11.7. The van der Waals surface area contributed by atoms with Gasteiger partial charge in [0.25, 0.3) is 0 Å². The van der Waals surface area contributed by atoms with Crippen LogP contribution in [0, 0.1) is 5.21 Å². The highest BCUT2D eigenvalue weighted by molar-refractivity contribution is 5.74. The second kappa shape index (κ2) is 4.10. The molecule has 0 aliphatic carbocycles. The largest absolute Gasteiger partial charge is 0.621 e. The van der Waals surface area contributed by atoms with E-state index in [1.165, 1.54) is 0 Å². The zero-order chi connectivity index (χ0) is 11.8. The van der Waals surface area contributed by atoms with Crippen molar-refractivity contribution in [3.63, 3.8) is 0 Å². The van der Waals surface area contributed by atoms with E-state index in [-0.39, 0.29) is 23.5 Å². The van der Waals surface area contributed by atoms with E-state index in [2.05, 4.69) is 0 Å². The molecule has 0 aromatic heterocycles. The molecule has 0 spiro atoms. The lowest BCUT2D eigenvalue weighted by molar-refractivity contribution is -0.691. The van der Waals surface area contributed by atoms with Crippen LogP contribution in [0.4, 0.5) is 5.69 Å². The average Bonchev–Trinajstić information content (AvgIpc) is 3.15. The highest BCUT2D eigenvalue weighted by Gasteiger charge is 2.28. The maximum absolute atomic E-state index is 11.7. The van der Waals surface area contributed by atoms with Gasteiger partial charge in [0.1, 0.15) is 24.1 Å². The quantitative estimate of drug-likeness (QED) is 0.589. The Bertz CT molecular complexity index is 456. The van der Waals surface area contributed by atoms with Gasteiger partial charge in [-0.1, -0.05) is 6.07 Å². The van der Waals surface area contributed by atoms with E-state index in [1.807, 2.05) is 6.07 Å². The van der Waals surface area contributed by atoms with Gasteiger partial charge in [-0.15, -0.1) is 0 Å². The number of nitrogens with one attached hydrogen (secondary N) is 1. The van der Waals surface area contributed by atoms with E-state index in [4.69, 9.17) is 9.47 Å². The van der Waals surface area contributed by atoms with Crippen LogP contribution in [0.2, 0.25) is 0 Å². The van der Waals surface area contributed by atoms with E-state index in [0.29, 0.717) is 24.5 Å². The zero-order valence-corrected chi connectivity index (χ0v) is 9.27. The topological polar surface area (TPSA) is 66.3 Å². The third kappa shape index (κ3) is 2.04. The number of fused-ring (bicyclic) bond motifs is 1. The molecule has 1 amide bonds. The van der Waals surface area contributed by atoms with E-state index in [1.54, 1.807) is 12.1 Å². The van der Waals surface area contributed by atoms with Crippen LogP contribution in [-0.2, 0) is 16.0 Å². The van der Waals surface area contributed by atoms with Crippen molar-refractivity contribution in [2.24, 2.45) is 0 Å². The number of hydroxylamine groups is 1. The molecular weight excluding hydrogens is 222 g/mol. The predicted molar refractivity (Wildman–Crippen MR) is 59.0 cm³/mol. The summed E-state index contributed by atoms with van der Waals surface area (Å²) in [6.45, 7) is 1.25. The van der Waals surface area contributed by atoms with Crippen LogP contribution in [0.1, 0.15) is 12.0 Å². The number of benzene rings is 1. The number of hydrogen-bond donors (Lipinski definition) is 1. The molecule has 3 rings (SSSR count). The van der Waals surface area contributed by atoms with Gasteiger partial charge in [0.05, 0.1) is 18.6 Å². The number of ether oxygens (including phenoxy) is 2. The monoisotopic (exact) mass is 235 g/mol. The smallest absolute Gasteiger partial charge is 0.317 e. The fraction of sp³-hybridized carbons (Fsp3) is 0.417. The predicted octanol–water partition coefficient (Wildman–Crippen LogP) is -0.0488. The summed E-state index contributed by atoms with van der Waals surface area (Å²) >= 11 is 0. The molecule has 0 radical (unpaired) electrons. The van der Waals surface area contributed by atoms with Crippen molar-refractivity contribution < 1.29 is 19.3 Å². The number of carbonyl (C=O) groups excluding carboxylic acids is 1. The summed E-state index contributed by atoms with van der Waals surface area (Å²) in [4.78, 5) is 11.3. The average molecular weight is 235 g/mol. The van der Waals surface area contributed by atoms with Gasteiger partial charge in [0.15, 0.2) is 0 Å². The summed E-state index contributed by atoms with van der Waals surface area (Å²) in [6.07, 6.45) is 1.06. The highest BCUT2D eigenvalue weighted by atomic mass is 16.6. The molecule has 0 saturated carbocycles. The summed E-state index contributed by atoms with van der Waals surface area (Å²) in [6, 6.07) is 5.28. The molecule has 1 saturated heterocycles. The van der Waals surface area contributed by atoms with Crippen molar-refractivity contribution in [3.8, 4) is 5.75 Å². The number of rotatable bonds is 3. The Labute approximate surface area is 98.5 Å². The fourth-order valence-electron chi connectivity index (χ4n) is 2.02. The van der Waals surface area contributed by atoms with E-state index < -0.39 is 0 Å². The molecule has 17 heavy (non-hydrogen) atoms. The van der Waals surface area contributed by atoms with Crippen molar-refractivity contribution in [2.75, 3.05) is 13.2 Å². The minimum absolute atomic E-state index is 0.187. The number of epoxide rings is 1. The van der Waals surface area contributed by atoms with Crippen LogP contribution in [0.3, 0.4) is 0 Å². The molecule has 2 aliphatic heterocycles. The number of hydrogen-bond acceptors (Lipinski definition) is 4. The van der Waals surface area contributed by atoms with Crippen molar-refractivity contribution in [3.05, 3.63) is 29.0 Å². The first-order chi connectivity index (χ1) is 8.25. The summed E-state index contributed by atoms with van der Waals surface area (Å²) in [5, 5.41) is 11.3. The van der Waals surface area contributed by atoms with Crippen molar-refractivity contribution in [1.29, 1.82) is 0 Å². The number of amides is 1. The summed E-state index contributed by atoms with van der Waals surface area (Å²) in [5.74, 6) is 0.402. The molecule has 90 valence electrons. The fourth-order valence-corrected chi connectivity index (χ4v) is 2.02. The van der Waals surface area contributed by atoms with Gasteiger partial charge in [0.2, 0.25) is 0 Å². The molecule has 1 aromatic carbocycles. The van der Waals surface area contributed by atoms with Gasteiger partial charge < -0.3 is 14.7 Å². The van der Waals surface area contributed by atoms with Gasteiger partial charge in [0, 0.05) is 6.07 Å². The second-order valence-electron chi connectivity index (χ2n) is 4.30. The van der Waals surface area contributed by atoms with Crippen molar-refractivity contribution in [2.45, 2.75) is 18.9 Å². The van der Waals surface area contributed by atoms with E-state index >= 15 is 0 Å². The Morgan fingerprint density at radius 1 is 1.47 bits per heavy atom. The second-order valence-corrected chi connectivity index (χ2v) is 4.30. The first-order valence-corrected chi connectivity index (χ1v) is 5.69. The Hall–Kier alpha value is -1.43. The Morgan fingerprint density at radius 3 is 3.06 bits per heavy atom. The number of quaternary nitrogens is 1. The minimum atomic E-state index is -0.389. The zero-order valence-electron chi connectivity index (χ0n) is 9.27. The van der Waals surface area contributed by atoms with Gasteiger partial charge in [-0.3, -0.25) is 5.06 Å². The molecule has 5 heteroatoms. The molecule has 1 N–H and O–H groups in total. The SMILES string of the molecule is O=C1CCc2c(OCC3CO3)cccc2[NH+]1[O-]. The Morgan fingerprint density at radius 2 is 2.29 bits per heavy atom. The lowest BCUT2D eigenvalue weighted by Crippen LogP contribution is -3.06. The molecule has 2 aliphatic rings. The summed E-state index contributed by atoms with van der Waals surface area (Å²) < 4.78 is 10.7. The van der Waals surface area contributed by atoms with Crippen LogP contribution >= 0.6 is 0 Å². The first-order valence-electron chi connectivity index (χ1n) is 5.69. The van der Waals surface area contributed by atoms with Gasteiger partial charge in [-0.05, 0) is 12.5 Å². The van der Waals surface area contributed by atoms with Crippen molar-refractivity contribution >= 4 is 11.6 Å². The van der Waals surface area contributed by atoms with Crippen LogP contribution in [0.25, 0.3) is 0 Å². The molecule has 5 nitrogen and oxygen atoms in total. The van der Waals surface area contributed by atoms with Crippen LogP contribution in [-0.4, -0.2) is 25.2 Å². The van der Waals surface area contributed by atoms with Crippen LogP contribution < -0.4 is 9.80 Å². The lowest BCUT2D eigenvalue weighted by atomic mass is 10.0. The van der Waals surface area contributed by atoms with Gasteiger partial charge in [-0.2, -0.15) is 0 Å². The molecule has 1 fully saturated rings. The van der Waals surface area contributed by atoms with Crippen molar-refractivity contribution in [1.82, 2.24) is 0 Å². The number of carbonyl (C=O) groups is 1. The molecular formula is C12H13NO4. The maximum Gasteiger partial charge on any atom is 0.317 e. The van der Waals surface area contributed by atoms with Gasteiger partial charge >= 0.3 is 5.91 Å². The normalized spacial score (nSPS) is 26.5. The third-order valence-corrected chi connectivity index (χ3v) is 3.06. The van der Waals surface area contributed by atoms with Gasteiger partial charge in [-0.25, -0.2) is 4.79 Å². The van der Waals surface area contributed by atoms with E-state index in [9.17, 15) is 10.0 Å². The van der Waals surface area contributed by atoms with Crippen LogP contribution in [0.5, 0.6) is 5.75 Å². The standard InChI is InChI=1S/C12H13NO4/c14-12-5-4-9-10(13(12)15)2-1-3-11(9)17-7-8-6-16-8/h1-3,8,13H,4-7H2. The molecule has 2 atom stereocenters. The lowest BCUT2D eigenvalue weighted by Gasteiger charge is -2.27. The minimum Gasteiger partial charge on any atom is -0.621 e. The molecule has 2 unspecified atom stereocenters. The molecule has 0 bridgehead atoms. The Kier molecular flexibility index (Phi) is 2.58. The molecule has 1 aromatic rings. The molecule has 2 heterocycles. The van der Waals surface area contributed by atoms with Crippen LogP contribution in [0.15, 0.2) is 18.2 Å². The third-order valence-electron chi connectivity index (χ3n) is 3.06.